The van der Waals surface area contributed by atoms with Crippen LogP contribution in [0.4, 0.5) is 11.4 Å². The molecule has 3 rings (SSSR count). The number of nitro groups is 1. The predicted molar refractivity (Wildman–Crippen MR) is 77.8 cm³/mol. The zero-order chi connectivity index (χ0) is 15.0. The number of aryl methyl sites for hydroxylation is 1. The number of hydrogen-bond donors (Lipinski definition) is 2. The van der Waals surface area contributed by atoms with E-state index in [2.05, 4.69) is 5.32 Å². The van der Waals surface area contributed by atoms with Crippen LogP contribution in [0.25, 0.3) is 0 Å². The van der Waals surface area contributed by atoms with Crippen molar-refractivity contribution in [2.45, 2.75) is 13.0 Å². The fourth-order valence-corrected chi connectivity index (χ4v) is 2.43. The highest BCUT2D eigenvalue weighted by Crippen LogP contribution is 2.38. The first-order valence-electron chi connectivity index (χ1n) is 6.52. The third-order valence-electron chi connectivity index (χ3n) is 3.46. The summed E-state index contributed by atoms with van der Waals surface area (Å²) >= 11 is 0. The highest BCUT2D eigenvalue weighted by Gasteiger charge is 2.26. The Hall–Kier alpha value is -2.76. The van der Waals surface area contributed by atoms with Gasteiger partial charge in [0.05, 0.1) is 11.0 Å². The van der Waals surface area contributed by atoms with E-state index in [0.29, 0.717) is 18.0 Å². The molecule has 108 valence electrons. The van der Waals surface area contributed by atoms with Crippen LogP contribution in [-0.2, 0) is 0 Å². The van der Waals surface area contributed by atoms with Gasteiger partial charge in [0.15, 0.2) is 0 Å². The largest absolute Gasteiger partial charge is 0.508 e. The number of hydrogen-bond acceptors (Lipinski definition) is 5. The molecule has 6 nitrogen and oxygen atoms in total. The Bertz CT molecular complexity index is 715. The first-order valence-corrected chi connectivity index (χ1v) is 6.52. The van der Waals surface area contributed by atoms with E-state index in [1.165, 1.54) is 6.07 Å². The predicted octanol–water partition coefficient (Wildman–Crippen LogP) is 3.15. The number of fused-ring (bicyclic) bond motifs is 1. The molecule has 2 N–H and O–H groups in total. The molecule has 0 amide bonds. The van der Waals surface area contributed by atoms with Gasteiger partial charge in [-0.25, -0.2) is 0 Å². The van der Waals surface area contributed by atoms with Gasteiger partial charge in [-0.3, -0.25) is 10.1 Å². The first kappa shape index (κ1) is 13.2. The molecule has 6 heteroatoms. The molecule has 0 aromatic heterocycles. The van der Waals surface area contributed by atoms with Crippen LogP contribution in [0.15, 0.2) is 36.4 Å². The van der Waals surface area contributed by atoms with Gasteiger partial charge in [-0.1, -0.05) is 6.07 Å². The molecule has 1 aliphatic rings. The number of nitro benzene ring substituents is 1. The Labute approximate surface area is 121 Å². The molecule has 0 bridgehead atoms. The topological polar surface area (TPSA) is 84.6 Å². The highest BCUT2D eigenvalue weighted by atomic mass is 16.6. The maximum Gasteiger partial charge on any atom is 0.292 e. The summed E-state index contributed by atoms with van der Waals surface area (Å²) in [6.07, 6.45) is 0. The van der Waals surface area contributed by atoms with Gasteiger partial charge in [-0.05, 0) is 30.7 Å². The number of ether oxygens (including phenoxy) is 1. The van der Waals surface area contributed by atoms with Crippen molar-refractivity contribution < 1.29 is 14.8 Å². The number of aromatic hydroxyl groups is 1. The number of nitrogens with zero attached hydrogens (tertiary/aromatic N) is 1. The summed E-state index contributed by atoms with van der Waals surface area (Å²) in [5.74, 6) is 0.735. The molecule has 1 heterocycles. The molecule has 0 saturated carbocycles. The lowest BCUT2D eigenvalue weighted by molar-refractivity contribution is -0.384. The van der Waals surface area contributed by atoms with Crippen LogP contribution in [0, 0.1) is 17.0 Å². The molecule has 1 aliphatic heterocycles. The van der Waals surface area contributed by atoms with E-state index in [9.17, 15) is 15.2 Å². The van der Waals surface area contributed by atoms with Crippen molar-refractivity contribution in [3.8, 4) is 11.5 Å². The van der Waals surface area contributed by atoms with E-state index in [1.807, 2.05) is 6.92 Å². The highest BCUT2D eigenvalue weighted by molar-refractivity contribution is 5.64. The van der Waals surface area contributed by atoms with Crippen LogP contribution in [-0.4, -0.2) is 16.6 Å². The Morgan fingerprint density at radius 1 is 1.33 bits per heavy atom. The van der Waals surface area contributed by atoms with Crippen molar-refractivity contribution in [2.75, 3.05) is 11.9 Å². The van der Waals surface area contributed by atoms with Gasteiger partial charge < -0.3 is 15.2 Å². The third-order valence-corrected chi connectivity index (χ3v) is 3.46. The van der Waals surface area contributed by atoms with E-state index in [4.69, 9.17) is 4.74 Å². The van der Waals surface area contributed by atoms with E-state index in [0.717, 1.165) is 11.1 Å². The zero-order valence-electron chi connectivity index (χ0n) is 11.4. The van der Waals surface area contributed by atoms with Crippen LogP contribution >= 0.6 is 0 Å². The van der Waals surface area contributed by atoms with Crippen LogP contribution in [0.5, 0.6) is 11.5 Å². The van der Waals surface area contributed by atoms with Crippen LogP contribution in [0.3, 0.4) is 0 Å². The van der Waals surface area contributed by atoms with Crippen molar-refractivity contribution in [1.29, 1.82) is 0 Å². The molecule has 1 atom stereocenters. The number of benzene rings is 2. The number of rotatable bonds is 3. The van der Waals surface area contributed by atoms with Crippen molar-refractivity contribution in [1.82, 2.24) is 0 Å². The number of nitrogens with one attached hydrogen (secondary N) is 1. The molecule has 2 aromatic rings. The number of phenols is 1. The quantitative estimate of drug-likeness (QED) is 0.668. The summed E-state index contributed by atoms with van der Waals surface area (Å²) < 4.78 is 5.50. The van der Waals surface area contributed by atoms with Crippen LogP contribution in [0.2, 0.25) is 0 Å². The molecule has 21 heavy (non-hydrogen) atoms. The standard InChI is InChI=1S/C15H14N2O4/c1-9-2-5-14(17(19)20)12(6-9)16-13-8-21-15-7-10(18)3-4-11(13)15/h2-7,13,16,18H,8H2,1H3. The fourth-order valence-electron chi connectivity index (χ4n) is 2.43. The molecule has 0 spiro atoms. The second-order valence-electron chi connectivity index (χ2n) is 5.01. The second-order valence-corrected chi connectivity index (χ2v) is 5.01. The maximum absolute atomic E-state index is 11.1. The number of anilines is 1. The van der Waals surface area contributed by atoms with Gasteiger partial charge in [0, 0.05) is 17.7 Å². The Kier molecular flexibility index (Phi) is 3.13. The second kappa shape index (κ2) is 4.97. The molecule has 0 aliphatic carbocycles. The fraction of sp³-hybridized carbons (Fsp3) is 0.200. The molecule has 0 fully saturated rings. The Morgan fingerprint density at radius 3 is 2.90 bits per heavy atom. The van der Waals surface area contributed by atoms with Gasteiger partial charge in [0.2, 0.25) is 0 Å². The lowest BCUT2D eigenvalue weighted by Gasteiger charge is -2.14. The van der Waals surface area contributed by atoms with Crippen molar-refractivity contribution in [3.63, 3.8) is 0 Å². The smallest absolute Gasteiger partial charge is 0.292 e. The lowest BCUT2D eigenvalue weighted by Crippen LogP contribution is -2.13. The zero-order valence-corrected chi connectivity index (χ0v) is 11.4. The summed E-state index contributed by atoms with van der Waals surface area (Å²) in [5, 5.41) is 23.7. The SMILES string of the molecule is Cc1ccc([N+](=O)[O-])c(NC2COc3cc(O)ccc32)c1. The monoisotopic (exact) mass is 286 g/mol. The van der Waals surface area contributed by atoms with Crippen LogP contribution < -0.4 is 10.1 Å². The van der Waals surface area contributed by atoms with Crippen molar-refractivity contribution >= 4 is 11.4 Å². The van der Waals surface area contributed by atoms with Gasteiger partial charge in [0.25, 0.3) is 5.69 Å². The molecule has 0 radical (unpaired) electrons. The Balaban J connectivity index is 1.93. The summed E-state index contributed by atoms with van der Waals surface area (Å²) in [6, 6.07) is 9.65. The minimum absolute atomic E-state index is 0.0350. The molecule has 0 saturated heterocycles. The normalized spacial score (nSPS) is 16.1. The third kappa shape index (κ3) is 2.47. The van der Waals surface area contributed by atoms with Crippen molar-refractivity contribution in [3.05, 3.63) is 57.6 Å². The summed E-state index contributed by atoms with van der Waals surface area (Å²) in [5.41, 5.74) is 2.32. The molecule has 1 unspecified atom stereocenters. The molecular weight excluding hydrogens is 272 g/mol. The van der Waals surface area contributed by atoms with Crippen LogP contribution in [0.1, 0.15) is 17.2 Å². The summed E-state index contributed by atoms with van der Waals surface area (Å²) in [4.78, 5) is 10.7. The Morgan fingerprint density at radius 2 is 2.14 bits per heavy atom. The van der Waals surface area contributed by atoms with E-state index in [-0.39, 0.29) is 17.5 Å². The minimum atomic E-state index is -0.407. The average molecular weight is 286 g/mol. The van der Waals surface area contributed by atoms with Gasteiger partial charge in [0.1, 0.15) is 23.8 Å². The van der Waals surface area contributed by atoms with Gasteiger partial charge in [-0.2, -0.15) is 0 Å². The van der Waals surface area contributed by atoms with E-state index in [1.54, 1.807) is 30.3 Å². The average Bonchev–Trinajstić information content (AvgIpc) is 2.81. The molecular formula is C15H14N2O4. The molecule has 2 aromatic carbocycles. The van der Waals surface area contributed by atoms with Gasteiger partial charge >= 0.3 is 0 Å². The number of phenolic OH excluding ortho intramolecular Hbond substituents is 1. The lowest BCUT2D eigenvalue weighted by atomic mass is 10.1. The minimum Gasteiger partial charge on any atom is -0.508 e. The summed E-state index contributed by atoms with van der Waals surface area (Å²) in [6.45, 7) is 2.25. The van der Waals surface area contributed by atoms with Crippen molar-refractivity contribution in [2.24, 2.45) is 0 Å². The summed E-state index contributed by atoms with van der Waals surface area (Å²) in [7, 11) is 0. The first-order chi connectivity index (χ1) is 10.0. The van der Waals surface area contributed by atoms with Gasteiger partial charge in [-0.15, -0.1) is 0 Å². The van der Waals surface area contributed by atoms with E-state index >= 15 is 0 Å². The maximum atomic E-state index is 11.1. The van der Waals surface area contributed by atoms with E-state index < -0.39 is 4.92 Å².